The second kappa shape index (κ2) is 6.48. The highest BCUT2D eigenvalue weighted by Crippen LogP contribution is 2.23. The van der Waals surface area contributed by atoms with Crippen LogP contribution in [-0.4, -0.2) is 31.4 Å². The van der Waals surface area contributed by atoms with Crippen LogP contribution in [0.4, 0.5) is 0 Å². The lowest BCUT2D eigenvalue weighted by molar-refractivity contribution is -0.122. The zero-order valence-corrected chi connectivity index (χ0v) is 9.79. The summed E-state index contributed by atoms with van der Waals surface area (Å²) >= 11 is 0. The Morgan fingerprint density at radius 1 is 1.25 bits per heavy atom. The summed E-state index contributed by atoms with van der Waals surface area (Å²) in [6.45, 7) is 0.700. The van der Waals surface area contributed by atoms with Crippen molar-refractivity contribution in [2.24, 2.45) is 11.7 Å². The van der Waals surface area contributed by atoms with Gasteiger partial charge in [-0.15, -0.1) is 0 Å². The molecule has 0 aromatic rings. The molecule has 0 spiro atoms. The van der Waals surface area contributed by atoms with Gasteiger partial charge < -0.3 is 16.4 Å². The van der Waals surface area contributed by atoms with Gasteiger partial charge in [0.1, 0.15) is 0 Å². The molecule has 1 rings (SSSR count). The third-order valence-corrected chi connectivity index (χ3v) is 3.19. The molecular weight excluding hydrogens is 206 g/mol. The van der Waals surface area contributed by atoms with Gasteiger partial charge in [0.2, 0.25) is 11.8 Å². The Labute approximate surface area is 96.1 Å². The molecule has 5 nitrogen and oxygen atoms in total. The quantitative estimate of drug-likeness (QED) is 0.606. The van der Waals surface area contributed by atoms with E-state index in [1.165, 1.54) is 0 Å². The molecule has 1 aliphatic carbocycles. The summed E-state index contributed by atoms with van der Waals surface area (Å²) in [6.07, 6.45) is 4.19. The summed E-state index contributed by atoms with van der Waals surface area (Å²) in [5.74, 6) is -0.0703. The fourth-order valence-corrected chi connectivity index (χ4v) is 2.10. The average Bonchev–Trinajstić information content (AvgIpc) is 2.29. The molecule has 0 saturated heterocycles. The van der Waals surface area contributed by atoms with Crippen molar-refractivity contribution in [3.63, 3.8) is 0 Å². The molecule has 0 radical (unpaired) electrons. The monoisotopic (exact) mass is 227 g/mol. The van der Waals surface area contributed by atoms with Gasteiger partial charge in [0, 0.05) is 32.0 Å². The number of primary amides is 1. The Morgan fingerprint density at radius 3 is 2.38 bits per heavy atom. The minimum Gasteiger partial charge on any atom is -0.369 e. The second-order valence-corrected chi connectivity index (χ2v) is 4.33. The molecule has 1 fully saturated rings. The molecule has 0 aliphatic heterocycles. The first kappa shape index (κ1) is 13.0. The van der Waals surface area contributed by atoms with Gasteiger partial charge in [0.15, 0.2) is 0 Å². The van der Waals surface area contributed by atoms with Crippen LogP contribution in [-0.2, 0) is 9.59 Å². The maximum Gasteiger partial charge on any atom is 0.221 e. The SMILES string of the molecule is CNC(=O)CCNC1CCC(C(N)=O)CC1. The molecule has 0 heterocycles. The predicted octanol–water partition coefficient (Wildman–Crippen LogP) is -0.244. The summed E-state index contributed by atoms with van der Waals surface area (Å²) in [7, 11) is 1.64. The van der Waals surface area contributed by atoms with Gasteiger partial charge in [-0.3, -0.25) is 9.59 Å². The Kier molecular flexibility index (Phi) is 5.25. The van der Waals surface area contributed by atoms with E-state index in [9.17, 15) is 9.59 Å². The average molecular weight is 227 g/mol. The smallest absolute Gasteiger partial charge is 0.221 e. The summed E-state index contributed by atoms with van der Waals surface area (Å²) in [5, 5.41) is 5.92. The lowest BCUT2D eigenvalue weighted by Gasteiger charge is -2.27. The first-order chi connectivity index (χ1) is 7.63. The highest BCUT2D eigenvalue weighted by atomic mass is 16.1. The number of carbonyl (C=O) groups is 2. The van der Waals surface area contributed by atoms with Crippen LogP contribution in [0.15, 0.2) is 0 Å². The van der Waals surface area contributed by atoms with Crippen LogP contribution >= 0.6 is 0 Å². The van der Waals surface area contributed by atoms with Gasteiger partial charge in [-0.2, -0.15) is 0 Å². The Hall–Kier alpha value is -1.10. The van der Waals surface area contributed by atoms with E-state index in [1.807, 2.05) is 0 Å². The normalized spacial score (nSPS) is 25.1. The van der Waals surface area contributed by atoms with E-state index < -0.39 is 0 Å². The maximum atomic E-state index is 11.0. The molecule has 1 saturated carbocycles. The molecule has 0 aromatic carbocycles. The first-order valence-corrected chi connectivity index (χ1v) is 5.86. The van der Waals surface area contributed by atoms with Crippen LogP contribution in [0.5, 0.6) is 0 Å². The van der Waals surface area contributed by atoms with Crippen LogP contribution < -0.4 is 16.4 Å². The van der Waals surface area contributed by atoms with Gasteiger partial charge >= 0.3 is 0 Å². The van der Waals surface area contributed by atoms with E-state index in [4.69, 9.17) is 5.73 Å². The minimum absolute atomic E-state index is 0.0528. The van der Waals surface area contributed by atoms with Crippen LogP contribution in [0.25, 0.3) is 0 Å². The molecule has 0 bridgehead atoms. The van der Waals surface area contributed by atoms with Crippen molar-refractivity contribution in [2.45, 2.75) is 38.1 Å². The zero-order valence-electron chi connectivity index (χ0n) is 9.79. The Balaban J connectivity index is 2.13. The van der Waals surface area contributed by atoms with E-state index in [2.05, 4.69) is 10.6 Å². The fraction of sp³-hybridized carbons (Fsp3) is 0.818. The predicted molar refractivity (Wildman–Crippen MR) is 61.6 cm³/mol. The fourth-order valence-electron chi connectivity index (χ4n) is 2.10. The molecule has 5 heteroatoms. The Morgan fingerprint density at radius 2 is 1.88 bits per heavy atom. The molecular formula is C11H21N3O2. The van der Waals surface area contributed by atoms with Crippen molar-refractivity contribution in [2.75, 3.05) is 13.6 Å². The zero-order chi connectivity index (χ0) is 12.0. The van der Waals surface area contributed by atoms with Crippen LogP contribution in [0.3, 0.4) is 0 Å². The van der Waals surface area contributed by atoms with Gasteiger partial charge in [0.25, 0.3) is 0 Å². The number of carbonyl (C=O) groups excluding carboxylic acids is 2. The van der Waals surface area contributed by atoms with Crippen molar-refractivity contribution in [1.82, 2.24) is 10.6 Å². The molecule has 0 unspecified atom stereocenters. The Bertz CT molecular complexity index is 248. The summed E-state index contributed by atoms with van der Waals surface area (Å²) < 4.78 is 0. The summed E-state index contributed by atoms with van der Waals surface area (Å²) in [5.41, 5.74) is 5.26. The van der Waals surface area contributed by atoms with E-state index >= 15 is 0 Å². The lowest BCUT2D eigenvalue weighted by atomic mass is 9.85. The van der Waals surface area contributed by atoms with Gasteiger partial charge in [-0.1, -0.05) is 0 Å². The van der Waals surface area contributed by atoms with Crippen molar-refractivity contribution < 1.29 is 9.59 Å². The van der Waals surface area contributed by atoms with Crippen molar-refractivity contribution >= 4 is 11.8 Å². The molecule has 0 atom stereocenters. The summed E-state index contributed by atoms with van der Waals surface area (Å²) in [4.78, 5) is 21.9. The number of hydrogen-bond acceptors (Lipinski definition) is 3. The molecule has 1 aliphatic rings. The highest BCUT2D eigenvalue weighted by Gasteiger charge is 2.24. The summed E-state index contributed by atoms with van der Waals surface area (Å²) in [6, 6.07) is 0.431. The van der Waals surface area contributed by atoms with Crippen LogP contribution in [0, 0.1) is 5.92 Å². The van der Waals surface area contributed by atoms with Crippen molar-refractivity contribution in [3.05, 3.63) is 0 Å². The number of nitrogens with one attached hydrogen (secondary N) is 2. The van der Waals surface area contributed by atoms with E-state index in [0.717, 1.165) is 25.7 Å². The molecule has 16 heavy (non-hydrogen) atoms. The van der Waals surface area contributed by atoms with E-state index in [0.29, 0.717) is 19.0 Å². The highest BCUT2D eigenvalue weighted by molar-refractivity contribution is 5.76. The maximum absolute atomic E-state index is 11.0. The largest absolute Gasteiger partial charge is 0.369 e. The topological polar surface area (TPSA) is 84.2 Å². The molecule has 4 N–H and O–H groups in total. The number of nitrogens with two attached hydrogens (primary N) is 1. The molecule has 0 aromatic heterocycles. The third-order valence-electron chi connectivity index (χ3n) is 3.19. The minimum atomic E-state index is -0.177. The van der Waals surface area contributed by atoms with Crippen LogP contribution in [0.2, 0.25) is 0 Å². The standard InChI is InChI=1S/C11H21N3O2/c1-13-10(15)6-7-14-9-4-2-8(3-5-9)11(12)16/h8-9,14H,2-7H2,1H3,(H2,12,16)(H,13,15). The number of rotatable bonds is 5. The first-order valence-electron chi connectivity index (χ1n) is 5.86. The van der Waals surface area contributed by atoms with Gasteiger partial charge in [0.05, 0.1) is 0 Å². The second-order valence-electron chi connectivity index (χ2n) is 4.33. The number of hydrogen-bond donors (Lipinski definition) is 3. The van der Waals surface area contributed by atoms with Crippen LogP contribution in [0.1, 0.15) is 32.1 Å². The van der Waals surface area contributed by atoms with Crippen molar-refractivity contribution in [3.8, 4) is 0 Å². The lowest BCUT2D eigenvalue weighted by Crippen LogP contribution is -2.38. The molecule has 92 valence electrons. The van der Waals surface area contributed by atoms with E-state index in [-0.39, 0.29) is 17.7 Å². The van der Waals surface area contributed by atoms with Crippen molar-refractivity contribution in [1.29, 1.82) is 0 Å². The number of amides is 2. The molecule has 2 amide bonds. The third kappa shape index (κ3) is 4.18. The van der Waals surface area contributed by atoms with E-state index in [1.54, 1.807) is 7.05 Å². The van der Waals surface area contributed by atoms with Gasteiger partial charge in [-0.25, -0.2) is 0 Å². The van der Waals surface area contributed by atoms with Gasteiger partial charge in [-0.05, 0) is 25.7 Å².